The summed E-state index contributed by atoms with van der Waals surface area (Å²) in [5.41, 5.74) is 9.28. The van der Waals surface area contributed by atoms with Gasteiger partial charge in [0.25, 0.3) is 0 Å². The number of hydrogen-bond acceptors (Lipinski definition) is 6. The highest BCUT2D eigenvalue weighted by atomic mass is 35.5. The minimum absolute atomic E-state index is 0.0381. The molecule has 3 aromatic carbocycles. The van der Waals surface area contributed by atoms with Crippen molar-refractivity contribution in [3.8, 4) is 5.75 Å². The van der Waals surface area contributed by atoms with E-state index in [0.29, 0.717) is 32.0 Å². The maximum absolute atomic E-state index is 13.1. The molecule has 0 aliphatic heterocycles. The topological polar surface area (TPSA) is 103 Å². The van der Waals surface area contributed by atoms with E-state index in [1.165, 1.54) is 11.3 Å². The summed E-state index contributed by atoms with van der Waals surface area (Å²) < 4.78 is 6.90. The molecule has 41 heavy (non-hydrogen) atoms. The summed E-state index contributed by atoms with van der Waals surface area (Å²) in [5, 5.41) is 11.6. The van der Waals surface area contributed by atoms with E-state index >= 15 is 0 Å². The number of ether oxygens (including phenoxy) is 1. The number of carboxylic acids is 1. The third kappa shape index (κ3) is 5.32. The molecule has 2 aliphatic rings. The van der Waals surface area contributed by atoms with Crippen LogP contribution in [0, 0.1) is 5.92 Å². The quantitative estimate of drug-likeness (QED) is 0.182. The highest BCUT2D eigenvalue weighted by molar-refractivity contribution is 7.18. The van der Waals surface area contributed by atoms with Crippen LogP contribution in [0.15, 0.2) is 60.2 Å². The minimum Gasteiger partial charge on any atom is -0.489 e. The van der Waals surface area contributed by atoms with Crippen LogP contribution in [0.2, 0.25) is 15.1 Å². The van der Waals surface area contributed by atoms with Crippen LogP contribution in [0.4, 0.5) is 0 Å². The van der Waals surface area contributed by atoms with Crippen LogP contribution in [0.1, 0.15) is 58.6 Å². The summed E-state index contributed by atoms with van der Waals surface area (Å²) in [5.74, 6) is -0.400. The smallest absolute Gasteiger partial charge is 0.335 e. The van der Waals surface area contributed by atoms with E-state index in [0.717, 1.165) is 40.1 Å². The van der Waals surface area contributed by atoms with Crippen molar-refractivity contribution in [1.82, 2.24) is 4.98 Å². The maximum Gasteiger partial charge on any atom is 0.335 e. The monoisotopic (exact) mass is 626 g/mol. The van der Waals surface area contributed by atoms with Crippen LogP contribution in [0.3, 0.4) is 0 Å². The lowest BCUT2D eigenvalue weighted by Gasteiger charge is -2.16. The molecule has 10 heteroatoms. The molecule has 6 rings (SSSR count). The Kier molecular flexibility index (Phi) is 7.27. The molecule has 0 spiro atoms. The van der Waals surface area contributed by atoms with Crippen molar-refractivity contribution in [1.29, 1.82) is 0 Å². The number of Topliss-reactive ketones (excluding diaryl/α,β-unsaturated/α-hetero) is 1. The number of aromatic nitrogens is 1. The Morgan fingerprint density at radius 1 is 1.07 bits per heavy atom. The molecule has 1 aromatic heterocycles. The molecule has 2 atom stereocenters. The van der Waals surface area contributed by atoms with Gasteiger partial charge >= 0.3 is 5.97 Å². The Morgan fingerprint density at radius 3 is 2.46 bits per heavy atom. The van der Waals surface area contributed by atoms with Gasteiger partial charge in [0.2, 0.25) is 0 Å². The number of aromatic carboxylic acids is 1. The van der Waals surface area contributed by atoms with Gasteiger partial charge in [-0.1, -0.05) is 53.9 Å². The molecule has 4 aromatic rings. The fraction of sp³-hybridized carbons (Fsp3) is 0.258. The summed E-state index contributed by atoms with van der Waals surface area (Å²) in [7, 11) is 0. The normalized spacial score (nSPS) is 20.5. The summed E-state index contributed by atoms with van der Waals surface area (Å²) in [4.78, 5) is 29.3. The summed E-state index contributed by atoms with van der Waals surface area (Å²) >= 11 is 21.0. The molecule has 0 amide bonds. The standard InChI is InChI=1S/C31H25Cl3N2O4S/c1-31(30-36-24-10-7-16(29(38)39)11-25(24)41-30)13-20(31)18-9-8-17(12-23(18)34)40-14-19(28(37)15-5-6-15)27(35)26-21(32)3-2-4-22(26)33/h2-4,7-12,15,20H,5-6,13-14,35H2,1H3,(H,38,39). The van der Waals surface area contributed by atoms with E-state index in [4.69, 9.17) is 50.3 Å². The van der Waals surface area contributed by atoms with Crippen molar-refractivity contribution < 1.29 is 19.4 Å². The number of carboxylic acid groups (broad SMARTS) is 1. The van der Waals surface area contributed by atoms with Gasteiger partial charge in [-0.05, 0) is 73.2 Å². The summed E-state index contributed by atoms with van der Waals surface area (Å²) in [6.07, 6.45) is 2.51. The Labute approximate surface area is 255 Å². The molecule has 2 unspecified atom stereocenters. The van der Waals surface area contributed by atoms with Crippen LogP contribution in [0.25, 0.3) is 15.9 Å². The van der Waals surface area contributed by atoms with Crippen molar-refractivity contribution in [2.75, 3.05) is 6.61 Å². The minimum atomic E-state index is -0.957. The average molecular weight is 628 g/mol. The van der Waals surface area contributed by atoms with Gasteiger partial charge < -0.3 is 15.6 Å². The van der Waals surface area contributed by atoms with Gasteiger partial charge in [-0.25, -0.2) is 9.78 Å². The number of halogens is 3. The largest absolute Gasteiger partial charge is 0.489 e. The molecule has 0 radical (unpaired) electrons. The number of ketones is 1. The van der Waals surface area contributed by atoms with Crippen LogP contribution >= 0.6 is 46.1 Å². The van der Waals surface area contributed by atoms with Crippen molar-refractivity contribution in [2.45, 2.75) is 37.5 Å². The number of rotatable bonds is 9. The molecular weight excluding hydrogens is 603 g/mol. The lowest BCUT2D eigenvalue weighted by Crippen LogP contribution is -2.18. The second kappa shape index (κ2) is 10.6. The first-order valence-corrected chi connectivity index (χ1v) is 15.1. The Hall–Kier alpha value is -3.10. The SMILES string of the molecule is CC1(c2nc3ccc(C(=O)O)cc3s2)CC1c1ccc(OCC(C(=O)C2CC2)=C(N)c2c(Cl)cccc2Cl)cc1Cl. The highest BCUT2D eigenvalue weighted by Crippen LogP contribution is 2.62. The molecule has 2 fully saturated rings. The lowest BCUT2D eigenvalue weighted by atomic mass is 10.0. The number of benzene rings is 3. The van der Waals surface area contributed by atoms with E-state index < -0.39 is 5.97 Å². The molecule has 0 saturated heterocycles. The summed E-state index contributed by atoms with van der Waals surface area (Å²) in [6.45, 7) is 2.11. The number of carbonyl (C=O) groups is 2. The van der Waals surface area contributed by atoms with E-state index in [9.17, 15) is 14.7 Å². The van der Waals surface area contributed by atoms with Crippen LogP contribution in [0.5, 0.6) is 5.75 Å². The molecule has 1 heterocycles. The number of carbonyl (C=O) groups excluding carboxylic acids is 1. The number of hydrogen-bond donors (Lipinski definition) is 2. The predicted octanol–water partition coefficient (Wildman–Crippen LogP) is 8.13. The summed E-state index contributed by atoms with van der Waals surface area (Å²) in [6, 6.07) is 15.6. The fourth-order valence-corrected chi connectivity index (χ4v) is 7.29. The number of nitrogens with zero attached hydrogens (tertiary/aromatic N) is 1. The van der Waals surface area contributed by atoms with Crippen molar-refractivity contribution in [3.05, 3.63) is 96.9 Å². The van der Waals surface area contributed by atoms with Crippen LogP contribution < -0.4 is 10.5 Å². The van der Waals surface area contributed by atoms with Crippen LogP contribution in [-0.2, 0) is 10.2 Å². The zero-order valence-corrected chi connectivity index (χ0v) is 25.0. The van der Waals surface area contributed by atoms with Gasteiger partial charge in [0.15, 0.2) is 5.78 Å². The molecule has 6 nitrogen and oxygen atoms in total. The zero-order valence-electron chi connectivity index (χ0n) is 21.9. The average Bonchev–Trinajstić information content (AvgIpc) is 3.85. The molecule has 210 valence electrons. The third-order valence-electron chi connectivity index (χ3n) is 7.89. The first-order valence-electron chi connectivity index (χ1n) is 13.1. The highest BCUT2D eigenvalue weighted by Gasteiger charge is 2.54. The van der Waals surface area contributed by atoms with E-state index in [1.807, 2.05) is 12.1 Å². The molecule has 0 bridgehead atoms. The van der Waals surface area contributed by atoms with Crippen molar-refractivity contribution in [3.63, 3.8) is 0 Å². The van der Waals surface area contributed by atoms with Crippen LogP contribution in [-0.4, -0.2) is 28.4 Å². The molecule has 2 aliphatic carbocycles. The predicted molar refractivity (Wildman–Crippen MR) is 164 cm³/mol. The molecular formula is C31H25Cl3N2O4S. The Bertz CT molecular complexity index is 1740. The second-order valence-corrected chi connectivity index (χ2v) is 13.0. The van der Waals surface area contributed by atoms with Crippen molar-refractivity contribution in [2.24, 2.45) is 11.7 Å². The van der Waals surface area contributed by atoms with E-state index in [1.54, 1.807) is 42.5 Å². The van der Waals surface area contributed by atoms with Gasteiger partial charge in [-0.3, -0.25) is 4.79 Å². The van der Waals surface area contributed by atoms with Gasteiger partial charge in [0.05, 0.1) is 37.1 Å². The molecule has 2 saturated carbocycles. The van der Waals surface area contributed by atoms with Gasteiger partial charge in [-0.2, -0.15) is 0 Å². The fourth-order valence-electron chi connectivity index (χ4n) is 5.17. The number of fused-ring (bicyclic) bond motifs is 1. The van der Waals surface area contributed by atoms with E-state index in [-0.39, 0.29) is 40.9 Å². The maximum atomic E-state index is 13.1. The Balaban J connectivity index is 1.22. The molecule has 3 N–H and O–H groups in total. The number of nitrogens with two attached hydrogens (primary N) is 1. The zero-order chi connectivity index (χ0) is 29.1. The van der Waals surface area contributed by atoms with Gasteiger partial charge in [0.1, 0.15) is 17.4 Å². The van der Waals surface area contributed by atoms with Crippen molar-refractivity contribution >= 4 is 73.8 Å². The Morgan fingerprint density at radius 2 is 1.80 bits per heavy atom. The first-order chi connectivity index (χ1) is 19.6. The lowest BCUT2D eigenvalue weighted by molar-refractivity contribution is -0.116. The third-order valence-corrected chi connectivity index (χ3v) is 10.1. The first kappa shape index (κ1) is 28.0. The van der Waals surface area contributed by atoms with E-state index in [2.05, 4.69) is 6.92 Å². The second-order valence-electron chi connectivity index (χ2n) is 10.8. The van der Waals surface area contributed by atoms with Gasteiger partial charge in [-0.15, -0.1) is 11.3 Å². The number of thiazole rings is 1. The van der Waals surface area contributed by atoms with Gasteiger partial charge in [0, 0.05) is 21.9 Å².